The van der Waals surface area contributed by atoms with Crippen LogP contribution in [-0.4, -0.2) is 29.4 Å². The van der Waals surface area contributed by atoms with E-state index in [0.717, 1.165) is 46.4 Å². The quantitative estimate of drug-likeness (QED) is 0.715. The largest absolute Gasteiger partial charge is 0.489 e. The fourth-order valence-electron chi connectivity index (χ4n) is 3.60. The first-order valence-corrected chi connectivity index (χ1v) is 8.95. The molecule has 0 aliphatic carbocycles. The van der Waals surface area contributed by atoms with Gasteiger partial charge >= 0.3 is 0 Å². The van der Waals surface area contributed by atoms with E-state index >= 15 is 0 Å². The zero-order valence-corrected chi connectivity index (χ0v) is 15.1. The number of ether oxygens (including phenoxy) is 1. The van der Waals surface area contributed by atoms with Crippen LogP contribution in [0.15, 0.2) is 54.6 Å². The second kappa shape index (κ2) is 6.79. The number of aryl methyl sites for hydroxylation is 1. The van der Waals surface area contributed by atoms with Crippen LogP contribution in [0.4, 0.5) is 0 Å². The van der Waals surface area contributed by atoms with E-state index in [1.54, 1.807) is 4.90 Å². The van der Waals surface area contributed by atoms with Gasteiger partial charge in [0.05, 0.1) is 11.4 Å². The summed E-state index contributed by atoms with van der Waals surface area (Å²) >= 11 is 0. The van der Waals surface area contributed by atoms with E-state index in [4.69, 9.17) is 4.74 Å². The van der Waals surface area contributed by atoms with Gasteiger partial charge in [0.15, 0.2) is 0 Å². The van der Waals surface area contributed by atoms with Gasteiger partial charge in [-0.05, 0) is 43.2 Å². The van der Waals surface area contributed by atoms with Gasteiger partial charge in [-0.2, -0.15) is 0 Å². The molecule has 1 amide bonds. The van der Waals surface area contributed by atoms with E-state index < -0.39 is 0 Å². The summed E-state index contributed by atoms with van der Waals surface area (Å²) in [6, 6.07) is 18.1. The van der Waals surface area contributed by atoms with Gasteiger partial charge in [-0.1, -0.05) is 30.3 Å². The van der Waals surface area contributed by atoms with E-state index in [1.165, 1.54) is 0 Å². The van der Waals surface area contributed by atoms with Gasteiger partial charge in [-0.25, -0.2) is 0 Å². The van der Waals surface area contributed by atoms with Crippen LogP contribution in [0.25, 0.3) is 10.9 Å². The third kappa shape index (κ3) is 3.15. The molecule has 0 spiro atoms. The monoisotopic (exact) mass is 346 g/mol. The van der Waals surface area contributed by atoms with E-state index in [1.807, 2.05) is 56.4 Å². The number of rotatable bonds is 4. The van der Waals surface area contributed by atoms with Crippen molar-refractivity contribution >= 4 is 16.8 Å². The molecule has 1 atom stereocenters. The van der Waals surface area contributed by atoms with Crippen molar-refractivity contribution in [1.29, 1.82) is 0 Å². The van der Waals surface area contributed by atoms with Crippen LogP contribution < -0.4 is 4.74 Å². The minimum atomic E-state index is -0.0131. The second-order valence-corrected chi connectivity index (χ2v) is 6.90. The number of fused-ring (bicyclic) bond motifs is 1. The first-order valence-electron chi connectivity index (χ1n) is 8.95. The fraction of sp³-hybridized carbons (Fsp3) is 0.273. The van der Waals surface area contributed by atoms with Crippen molar-refractivity contribution in [2.45, 2.75) is 25.9 Å². The number of para-hydroxylation sites is 1. The highest BCUT2D eigenvalue weighted by Crippen LogP contribution is 2.29. The normalized spacial score (nSPS) is 17.1. The Morgan fingerprint density at radius 3 is 2.65 bits per heavy atom. The average Bonchev–Trinajstić information content (AvgIpc) is 2.99. The Morgan fingerprint density at radius 1 is 1.15 bits per heavy atom. The molecule has 132 valence electrons. The zero-order valence-electron chi connectivity index (χ0n) is 15.1. The summed E-state index contributed by atoms with van der Waals surface area (Å²) in [7, 11) is 1.86. The molecule has 2 heterocycles. The maximum absolute atomic E-state index is 12.1. The molecule has 1 unspecified atom stereocenters. The Balaban J connectivity index is 1.50. The van der Waals surface area contributed by atoms with Gasteiger partial charge in [-0.3, -0.25) is 9.78 Å². The average molecular weight is 346 g/mol. The topological polar surface area (TPSA) is 42.4 Å². The standard InChI is InChI=1S/C22H22N2O2/c1-15-13-17(19-5-3-4-6-21(19)23-15)14-26-18-9-7-16(8-10-18)20-11-12-24(2)22(20)25/h3-10,13,20H,11-12,14H2,1-2H3. The van der Waals surface area contributed by atoms with Crippen LogP contribution in [0.2, 0.25) is 0 Å². The molecular formula is C22H22N2O2. The number of likely N-dealkylation sites (N-methyl/N-ethyl adjacent to an activating group) is 1. The van der Waals surface area contributed by atoms with E-state index in [0.29, 0.717) is 6.61 Å². The first kappa shape index (κ1) is 16.6. The molecule has 4 heteroatoms. The molecule has 1 aliphatic heterocycles. The molecule has 1 aromatic heterocycles. The predicted molar refractivity (Wildman–Crippen MR) is 102 cm³/mol. The fourth-order valence-corrected chi connectivity index (χ4v) is 3.60. The van der Waals surface area contributed by atoms with Crippen molar-refractivity contribution in [3.8, 4) is 5.75 Å². The SMILES string of the molecule is Cc1cc(COc2ccc(C3CCN(C)C3=O)cc2)c2ccccc2n1. The van der Waals surface area contributed by atoms with E-state index in [-0.39, 0.29) is 11.8 Å². The molecular weight excluding hydrogens is 324 g/mol. The highest BCUT2D eigenvalue weighted by atomic mass is 16.5. The molecule has 0 saturated carbocycles. The van der Waals surface area contributed by atoms with Crippen LogP contribution >= 0.6 is 0 Å². The molecule has 0 radical (unpaired) electrons. The third-order valence-corrected chi connectivity index (χ3v) is 5.03. The molecule has 26 heavy (non-hydrogen) atoms. The lowest BCUT2D eigenvalue weighted by Crippen LogP contribution is -2.21. The summed E-state index contributed by atoms with van der Waals surface area (Å²) in [5.41, 5.74) is 4.17. The van der Waals surface area contributed by atoms with E-state index in [9.17, 15) is 4.79 Å². The summed E-state index contributed by atoms with van der Waals surface area (Å²) in [5.74, 6) is 1.00. The number of nitrogens with zero attached hydrogens (tertiary/aromatic N) is 2. The summed E-state index contributed by atoms with van der Waals surface area (Å²) in [4.78, 5) is 18.5. The van der Waals surface area contributed by atoms with Crippen LogP contribution in [0.1, 0.15) is 29.2 Å². The molecule has 0 bridgehead atoms. The lowest BCUT2D eigenvalue weighted by Gasteiger charge is -2.12. The van der Waals surface area contributed by atoms with Gasteiger partial charge in [0, 0.05) is 30.2 Å². The molecule has 2 aromatic carbocycles. The number of hydrogen-bond acceptors (Lipinski definition) is 3. The van der Waals surface area contributed by atoms with Crippen molar-refractivity contribution < 1.29 is 9.53 Å². The smallest absolute Gasteiger partial charge is 0.229 e. The maximum atomic E-state index is 12.1. The molecule has 1 fully saturated rings. The predicted octanol–water partition coefficient (Wildman–Crippen LogP) is 4.07. The van der Waals surface area contributed by atoms with Gasteiger partial charge in [0.2, 0.25) is 5.91 Å². The number of carbonyl (C=O) groups excluding carboxylic acids is 1. The first-order chi connectivity index (χ1) is 12.6. The molecule has 4 nitrogen and oxygen atoms in total. The number of likely N-dealkylation sites (tertiary alicyclic amines) is 1. The van der Waals surface area contributed by atoms with Crippen molar-refractivity contribution in [3.05, 3.63) is 71.4 Å². The lowest BCUT2D eigenvalue weighted by atomic mass is 9.98. The molecule has 4 rings (SSSR count). The van der Waals surface area contributed by atoms with Gasteiger partial charge in [-0.15, -0.1) is 0 Å². The van der Waals surface area contributed by atoms with Gasteiger partial charge < -0.3 is 9.64 Å². The number of carbonyl (C=O) groups is 1. The molecule has 1 saturated heterocycles. The van der Waals surface area contributed by atoms with Gasteiger partial charge in [0.25, 0.3) is 0 Å². The maximum Gasteiger partial charge on any atom is 0.229 e. The highest BCUT2D eigenvalue weighted by Gasteiger charge is 2.30. The Labute approximate surface area is 153 Å². The number of benzene rings is 2. The highest BCUT2D eigenvalue weighted by molar-refractivity contribution is 5.85. The van der Waals surface area contributed by atoms with Crippen LogP contribution in [0, 0.1) is 6.92 Å². The summed E-state index contributed by atoms with van der Waals surface area (Å²) < 4.78 is 6.00. The van der Waals surface area contributed by atoms with Crippen LogP contribution in [-0.2, 0) is 11.4 Å². The van der Waals surface area contributed by atoms with Crippen LogP contribution in [0.5, 0.6) is 5.75 Å². The minimum Gasteiger partial charge on any atom is -0.489 e. The lowest BCUT2D eigenvalue weighted by molar-refractivity contribution is -0.127. The third-order valence-electron chi connectivity index (χ3n) is 5.03. The van der Waals surface area contributed by atoms with Crippen molar-refractivity contribution in [2.75, 3.05) is 13.6 Å². The molecule has 1 aliphatic rings. The van der Waals surface area contributed by atoms with Crippen LogP contribution in [0.3, 0.4) is 0 Å². The summed E-state index contributed by atoms with van der Waals surface area (Å²) in [5, 5.41) is 1.12. The summed E-state index contributed by atoms with van der Waals surface area (Å²) in [6.07, 6.45) is 0.887. The van der Waals surface area contributed by atoms with Crippen molar-refractivity contribution in [2.24, 2.45) is 0 Å². The Bertz CT molecular complexity index is 950. The van der Waals surface area contributed by atoms with Crippen molar-refractivity contribution in [1.82, 2.24) is 9.88 Å². The number of amides is 1. The molecule has 3 aromatic rings. The number of aromatic nitrogens is 1. The molecule has 0 N–H and O–H groups in total. The minimum absolute atomic E-state index is 0.0131. The Hall–Kier alpha value is -2.88. The summed E-state index contributed by atoms with van der Waals surface area (Å²) in [6.45, 7) is 3.32. The zero-order chi connectivity index (χ0) is 18.1. The van der Waals surface area contributed by atoms with Gasteiger partial charge in [0.1, 0.15) is 12.4 Å². The van der Waals surface area contributed by atoms with Crippen molar-refractivity contribution in [3.63, 3.8) is 0 Å². The Morgan fingerprint density at radius 2 is 1.92 bits per heavy atom. The number of pyridine rings is 1. The Kier molecular flexibility index (Phi) is 4.33. The second-order valence-electron chi connectivity index (χ2n) is 6.90. The van der Waals surface area contributed by atoms with E-state index in [2.05, 4.69) is 17.1 Å². The number of hydrogen-bond donors (Lipinski definition) is 0.